The van der Waals surface area contributed by atoms with Gasteiger partial charge >= 0.3 is 6.09 Å². The van der Waals surface area contributed by atoms with E-state index in [1.54, 1.807) is 17.8 Å². The lowest BCUT2D eigenvalue weighted by Crippen LogP contribution is -2.41. The van der Waals surface area contributed by atoms with Gasteiger partial charge in [0.15, 0.2) is 0 Å². The predicted octanol–water partition coefficient (Wildman–Crippen LogP) is 6.51. The molecule has 5 rings (SSSR count). The molecule has 12 heteroatoms. The van der Waals surface area contributed by atoms with E-state index in [0.717, 1.165) is 17.1 Å². The monoisotopic (exact) mass is 660 g/mol. The van der Waals surface area contributed by atoms with Gasteiger partial charge in [0.05, 0.1) is 41.9 Å². The van der Waals surface area contributed by atoms with Crippen molar-refractivity contribution in [2.24, 2.45) is 9.98 Å². The number of rotatable bonds is 11. The van der Waals surface area contributed by atoms with Crippen LogP contribution in [0.5, 0.6) is 0 Å². The number of thioether (sulfide) groups is 1. The van der Waals surface area contributed by atoms with Crippen molar-refractivity contribution < 1.29 is 28.5 Å². The zero-order valence-electron chi connectivity index (χ0n) is 25.4. The number of aliphatic hydroxyl groups is 2. The van der Waals surface area contributed by atoms with Crippen molar-refractivity contribution in [2.75, 3.05) is 12.3 Å². The van der Waals surface area contributed by atoms with Gasteiger partial charge in [-0.15, -0.1) is 11.8 Å². The molecule has 0 aromatic heterocycles. The Hall–Kier alpha value is -2.99. The van der Waals surface area contributed by atoms with Crippen LogP contribution in [0.4, 0.5) is 13.6 Å². The fraction of sp³-hybridized carbons (Fsp3) is 0.485. The van der Waals surface area contributed by atoms with Crippen LogP contribution in [0.15, 0.2) is 75.9 Å². The van der Waals surface area contributed by atoms with Gasteiger partial charge in [-0.1, -0.05) is 36.4 Å². The van der Waals surface area contributed by atoms with Gasteiger partial charge in [-0.05, 0) is 50.3 Å². The number of hydrogen-bond donors (Lipinski definition) is 2. The standard InChI is InChI=1S/C33H39ClF2N4O4S/c1-4-12-45-18-30-38-32(24-10-7-20(36)13-25(24)34)31(26-11-9-21(37-26)8-6-19(3)35)27-14-22(17-40(27)30)39(5-2)33(43)44-23-15-28(41)29(42)16-23/h4-5,7,9-13,19,21-23,28-29,32,41-42H,2,6,8,14-18H2,1,3H3/b12-4-/t19?,21?,22?,23?,28?,29?,32-/m0/s1. The highest BCUT2D eigenvalue weighted by molar-refractivity contribution is 8.02. The third-order valence-corrected chi connectivity index (χ3v) is 9.68. The third kappa shape index (κ3) is 7.53. The zero-order chi connectivity index (χ0) is 32.2. The van der Waals surface area contributed by atoms with Gasteiger partial charge in [-0.25, -0.2) is 13.6 Å². The number of amides is 1. The molecule has 4 aliphatic rings. The van der Waals surface area contributed by atoms with E-state index in [1.807, 2.05) is 30.6 Å². The minimum atomic E-state index is -0.937. The number of aliphatic hydroxyl groups excluding tert-OH is 2. The molecule has 45 heavy (non-hydrogen) atoms. The molecular weight excluding hydrogens is 622 g/mol. The lowest BCUT2D eigenvalue weighted by molar-refractivity contribution is 0.0438. The van der Waals surface area contributed by atoms with Crippen LogP contribution in [0.1, 0.15) is 57.6 Å². The zero-order valence-corrected chi connectivity index (χ0v) is 26.9. The molecule has 5 unspecified atom stereocenters. The number of fused-ring (bicyclic) bond motifs is 1. The van der Waals surface area contributed by atoms with Gasteiger partial charge in [-0.3, -0.25) is 14.9 Å². The Balaban J connectivity index is 1.53. The Morgan fingerprint density at radius 2 is 2.07 bits per heavy atom. The molecule has 1 aromatic rings. The van der Waals surface area contributed by atoms with Gasteiger partial charge in [-0.2, -0.15) is 0 Å². The summed E-state index contributed by atoms with van der Waals surface area (Å²) in [6.07, 6.45) is 4.95. The Morgan fingerprint density at radius 3 is 2.73 bits per heavy atom. The molecule has 1 aliphatic carbocycles. The van der Waals surface area contributed by atoms with Crippen LogP contribution in [0.2, 0.25) is 5.02 Å². The molecule has 0 spiro atoms. The molecule has 2 N–H and O–H groups in total. The molecule has 1 saturated carbocycles. The topological polar surface area (TPSA) is 98.0 Å². The van der Waals surface area contributed by atoms with E-state index in [0.29, 0.717) is 42.8 Å². The summed E-state index contributed by atoms with van der Waals surface area (Å²) in [5, 5.41) is 22.1. The minimum Gasteiger partial charge on any atom is -0.446 e. The molecular formula is C33H39ClF2N4O4S. The van der Waals surface area contributed by atoms with Gasteiger partial charge in [0.2, 0.25) is 0 Å². The van der Waals surface area contributed by atoms with Crippen LogP contribution in [-0.2, 0) is 4.74 Å². The summed E-state index contributed by atoms with van der Waals surface area (Å²) >= 11 is 8.21. The summed E-state index contributed by atoms with van der Waals surface area (Å²) in [5.41, 5.74) is 3.04. The summed E-state index contributed by atoms with van der Waals surface area (Å²) in [6.45, 7) is 7.77. The van der Waals surface area contributed by atoms with Crippen molar-refractivity contribution in [3.05, 3.63) is 82.3 Å². The Labute approximate surface area is 271 Å². The van der Waals surface area contributed by atoms with Gasteiger partial charge in [0, 0.05) is 53.9 Å². The molecule has 0 radical (unpaired) electrons. The Bertz CT molecular complexity index is 1440. The van der Waals surface area contributed by atoms with Gasteiger partial charge < -0.3 is 19.8 Å². The maximum absolute atomic E-state index is 14.2. The number of aliphatic imine (C=N–C) groups is 2. The van der Waals surface area contributed by atoms with Crippen molar-refractivity contribution in [1.29, 1.82) is 0 Å². The number of benzene rings is 1. The van der Waals surface area contributed by atoms with E-state index in [-0.39, 0.29) is 29.9 Å². The summed E-state index contributed by atoms with van der Waals surface area (Å²) in [6, 6.07) is 3.14. The van der Waals surface area contributed by atoms with Crippen LogP contribution in [0, 0.1) is 5.82 Å². The molecule has 1 saturated heterocycles. The van der Waals surface area contributed by atoms with Crippen molar-refractivity contribution in [2.45, 2.75) is 88.6 Å². The molecule has 6 atom stereocenters. The molecule has 3 aliphatic heterocycles. The first-order valence-corrected chi connectivity index (χ1v) is 16.6. The molecule has 1 aromatic carbocycles. The number of carbonyl (C=O) groups is 1. The summed E-state index contributed by atoms with van der Waals surface area (Å²) in [4.78, 5) is 27.1. The highest BCUT2D eigenvalue weighted by atomic mass is 35.5. The highest BCUT2D eigenvalue weighted by Crippen LogP contribution is 2.44. The smallest absolute Gasteiger partial charge is 0.414 e. The first-order chi connectivity index (χ1) is 21.6. The molecule has 1 amide bonds. The average Bonchev–Trinajstić information content (AvgIpc) is 3.71. The second-order valence-electron chi connectivity index (χ2n) is 11.7. The number of amidine groups is 1. The van der Waals surface area contributed by atoms with E-state index in [9.17, 15) is 23.8 Å². The maximum Gasteiger partial charge on any atom is 0.414 e. The van der Waals surface area contributed by atoms with Crippen molar-refractivity contribution in [1.82, 2.24) is 9.80 Å². The second kappa shape index (κ2) is 14.6. The summed E-state index contributed by atoms with van der Waals surface area (Å²) in [7, 11) is 0. The molecule has 3 heterocycles. The largest absolute Gasteiger partial charge is 0.446 e. The van der Waals surface area contributed by atoms with E-state index < -0.39 is 42.4 Å². The fourth-order valence-corrected chi connectivity index (χ4v) is 7.18. The number of alkyl halides is 1. The average molecular weight is 661 g/mol. The predicted molar refractivity (Wildman–Crippen MR) is 175 cm³/mol. The van der Waals surface area contributed by atoms with Crippen LogP contribution >= 0.6 is 23.4 Å². The normalized spacial score (nSPS) is 28.4. The van der Waals surface area contributed by atoms with Gasteiger partial charge in [0.1, 0.15) is 23.8 Å². The molecule has 2 fully saturated rings. The lowest BCUT2D eigenvalue weighted by atomic mass is 9.91. The fourth-order valence-electron chi connectivity index (χ4n) is 6.24. The molecule has 0 bridgehead atoms. The van der Waals surface area contributed by atoms with Gasteiger partial charge in [0.25, 0.3) is 0 Å². The number of halogens is 3. The Morgan fingerprint density at radius 1 is 1.31 bits per heavy atom. The summed E-state index contributed by atoms with van der Waals surface area (Å²) in [5.74, 6) is 0.860. The SMILES string of the molecule is C=CN(C(=O)OC1CC(O)C(O)C1)C1CC2=C(C3=NC(CCC(C)F)C=C3)[C@H](c3ccc(F)cc3Cl)N=C(CS/C=C\C)N2C1. The van der Waals surface area contributed by atoms with Crippen molar-refractivity contribution in [3.8, 4) is 0 Å². The number of allylic oxidation sites excluding steroid dienone is 2. The van der Waals surface area contributed by atoms with Crippen molar-refractivity contribution in [3.63, 3.8) is 0 Å². The van der Waals surface area contributed by atoms with E-state index in [1.165, 1.54) is 30.2 Å². The minimum absolute atomic E-state index is 0.164. The third-order valence-electron chi connectivity index (χ3n) is 8.46. The van der Waals surface area contributed by atoms with Crippen LogP contribution in [-0.4, -0.2) is 86.5 Å². The van der Waals surface area contributed by atoms with Crippen LogP contribution in [0.3, 0.4) is 0 Å². The maximum atomic E-state index is 14.2. The first kappa shape index (κ1) is 33.4. The number of hydrogen-bond acceptors (Lipinski definition) is 8. The lowest BCUT2D eigenvalue weighted by Gasteiger charge is -2.33. The van der Waals surface area contributed by atoms with E-state index >= 15 is 0 Å². The number of carbonyl (C=O) groups excluding carboxylic acids is 1. The van der Waals surface area contributed by atoms with E-state index in [4.69, 9.17) is 26.3 Å². The van der Waals surface area contributed by atoms with Crippen LogP contribution in [0.25, 0.3) is 0 Å². The van der Waals surface area contributed by atoms with Crippen molar-refractivity contribution >= 4 is 41.0 Å². The molecule has 8 nitrogen and oxygen atoms in total. The first-order valence-electron chi connectivity index (χ1n) is 15.2. The summed E-state index contributed by atoms with van der Waals surface area (Å²) < 4.78 is 33.5. The number of ether oxygens (including phenoxy) is 1. The number of nitrogens with zero attached hydrogens (tertiary/aromatic N) is 4. The van der Waals surface area contributed by atoms with E-state index in [2.05, 4.69) is 11.5 Å². The quantitative estimate of drug-likeness (QED) is 0.281. The van der Waals surface area contributed by atoms with Crippen LogP contribution < -0.4 is 0 Å². The second-order valence-corrected chi connectivity index (χ2v) is 13.0. The Kier molecular flexibility index (Phi) is 10.8. The highest BCUT2D eigenvalue weighted by Gasteiger charge is 2.43. The molecule has 242 valence electrons.